The minimum Gasteiger partial charge on any atom is -0.504 e. The summed E-state index contributed by atoms with van der Waals surface area (Å²) in [5, 5.41) is 10.5. The lowest BCUT2D eigenvalue weighted by Crippen LogP contribution is -2.66. The van der Waals surface area contributed by atoms with Gasteiger partial charge in [0.15, 0.2) is 17.6 Å². The highest BCUT2D eigenvalue weighted by Crippen LogP contribution is 2.64. The van der Waals surface area contributed by atoms with Crippen molar-refractivity contribution in [3.8, 4) is 11.5 Å². The molecule has 2 heterocycles. The first-order valence-electron chi connectivity index (χ1n) is 9.68. The number of hydrogen-bond acceptors (Lipinski definition) is 5. The molecule has 2 aliphatic heterocycles. The third-order valence-electron chi connectivity index (χ3n) is 6.95. The molecule has 1 aromatic carbocycles. The fourth-order valence-corrected chi connectivity index (χ4v) is 6.04. The number of fused-ring (bicyclic) bond motifs is 1. The van der Waals surface area contributed by atoms with E-state index in [1.165, 1.54) is 11.1 Å². The van der Waals surface area contributed by atoms with E-state index in [0.29, 0.717) is 24.9 Å². The van der Waals surface area contributed by atoms with Crippen molar-refractivity contribution in [2.24, 2.45) is 11.7 Å². The molecule has 5 rings (SSSR count). The summed E-state index contributed by atoms with van der Waals surface area (Å²) in [5.74, 6) is 0.532. The van der Waals surface area contributed by atoms with Gasteiger partial charge in [-0.05, 0) is 36.8 Å². The summed E-state index contributed by atoms with van der Waals surface area (Å²) in [6, 6.07) is 3.89. The van der Waals surface area contributed by atoms with Crippen molar-refractivity contribution >= 4 is 0 Å². The molecule has 136 valence electrons. The first kappa shape index (κ1) is 15.9. The normalized spacial score (nSPS) is 37.1. The molecule has 2 fully saturated rings. The Morgan fingerprint density at radius 3 is 2.84 bits per heavy atom. The topological polar surface area (TPSA) is 73.9 Å². The molecular formula is C20H27NO4. The SMILES string of the molecule is CCCC[C@]12c3c4ccc(O)c3OC1C1(CCC2C(N)C4)OCCO1. The standard InChI is InChI=1S/C20H27NO4/c1-2-3-7-19-13-6-8-20(23-9-10-24-20)18(19)25-17-15(22)5-4-12(16(17)19)11-14(13)21/h4-5,13-14,18,22H,2-3,6-11,21H2,1H3/t13?,14?,18?,19-/m0/s1. The molecule has 0 amide bonds. The number of hydrogen-bond donors (Lipinski definition) is 2. The van der Waals surface area contributed by atoms with Crippen LogP contribution < -0.4 is 10.5 Å². The molecule has 0 radical (unpaired) electrons. The largest absolute Gasteiger partial charge is 0.504 e. The van der Waals surface area contributed by atoms with E-state index in [9.17, 15) is 5.11 Å². The van der Waals surface area contributed by atoms with Gasteiger partial charge in [0.05, 0.1) is 13.2 Å². The average molecular weight is 345 g/mol. The minimum absolute atomic E-state index is 0.115. The lowest BCUT2D eigenvalue weighted by atomic mass is 9.52. The minimum atomic E-state index is -0.690. The maximum absolute atomic E-state index is 10.5. The molecule has 1 aromatic rings. The van der Waals surface area contributed by atoms with Crippen LogP contribution >= 0.6 is 0 Å². The third-order valence-corrected chi connectivity index (χ3v) is 6.95. The Morgan fingerprint density at radius 2 is 2.08 bits per heavy atom. The fourth-order valence-electron chi connectivity index (χ4n) is 6.04. The van der Waals surface area contributed by atoms with Crippen LogP contribution in [-0.4, -0.2) is 36.3 Å². The number of phenolic OH excluding ortho intramolecular Hbond substituents is 1. The van der Waals surface area contributed by atoms with Crippen LogP contribution in [0.2, 0.25) is 0 Å². The Morgan fingerprint density at radius 1 is 1.28 bits per heavy atom. The average Bonchev–Trinajstić information content (AvgIpc) is 3.21. The summed E-state index contributed by atoms with van der Waals surface area (Å²) in [6.45, 7) is 3.43. The molecule has 3 unspecified atom stereocenters. The molecule has 5 heteroatoms. The second kappa shape index (κ2) is 5.35. The number of ether oxygens (including phenoxy) is 3. The molecule has 0 bridgehead atoms. The van der Waals surface area contributed by atoms with E-state index in [0.717, 1.165) is 38.5 Å². The highest BCUT2D eigenvalue weighted by atomic mass is 16.8. The lowest BCUT2D eigenvalue weighted by Gasteiger charge is -2.55. The number of rotatable bonds is 3. The Labute approximate surface area is 148 Å². The molecule has 2 aliphatic carbocycles. The van der Waals surface area contributed by atoms with Crippen molar-refractivity contribution in [3.05, 3.63) is 23.3 Å². The fraction of sp³-hybridized carbons (Fsp3) is 0.700. The van der Waals surface area contributed by atoms with Crippen molar-refractivity contribution in [1.82, 2.24) is 0 Å². The van der Waals surface area contributed by atoms with Crippen LogP contribution in [0.15, 0.2) is 12.1 Å². The molecule has 1 saturated heterocycles. The molecule has 1 saturated carbocycles. The van der Waals surface area contributed by atoms with Gasteiger partial charge in [-0.25, -0.2) is 0 Å². The van der Waals surface area contributed by atoms with Crippen molar-refractivity contribution < 1.29 is 19.3 Å². The monoisotopic (exact) mass is 345 g/mol. The Kier molecular flexibility index (Phi) is 3.41. The smallest absolute Gasteiger partial charge is 0.206 e. The summed E-state index contributed by atoms with van der Waals surface area (Å²) < 4.78 is 18.8. The maximum atomic E-state index is 10.5. The Bertz CT molecular complexity index is 699. The number of nitrogens with two attached hydrogens (primary N) is 1. The van der Waals surface area contributed by atoms with Gasteiger partial charge in [-0.1, -0.05) is 25.8 Å². The third kappa shape index (κ3) is 1.89. The quantitative estimate of drug-likeness (QED) is 0.881. The van der Waals surface area contributed by atoms with E-state index < -0.39 is 5.79 Å². The van der Waals surface area contributed by atoms with Gasteiger partial charge in [-0.2, -0.15) is 0 Å². The van der Waals surface area contributed by atoms with Crippen molar-refractivity contribution in [2.45, 2.75) is 68.8 Å². The van der Waals surface area contributed by atoms with Crippen LogP contribution in [0.3, 0.4) is 0 Å². The van der Waals surface area contributed by atoms with Crippen LogP contribution in [0.25, 0.3) is 0 Å². The molecule has 1 spiro atoms. The van der Waals surface area contributed by atoms with Crippen LogP contribution in [0.4, 0.5) is 0 Å². The summed E-state index contributed by atoms with van der Waals surface area (Å²) in [5.41, 5.74) is 8.88. The summed E-state index contributed by atoms with van der Waals surface area (Å²) in [6.07, 6.45) is 5.66. The van der Waals surface area contributed by atoms with Crippen LogP contribution in [0.1, 0.15) is 50.2 Å². The maximum Gasteiger partial charge on any atom is 0.206 e. The Hall–Kier alpha value is -1.30. The van der Waals surface area contributed by atoms with Crippen LogP contribution in [-0.2, 0) is 21.3 Å². The number of phenols is 1. The van der Waals surface area contributed by atoms with Gasteiger partial charge in [0, 0.05) is 23.4 Å². The van der Waals surface area contributed by atoms with Gasteiger partial charge in [0.1, 0.15) is 0 Å². The van der Waals surface area contributed by atoms with E-state index in [1.54, 1.807) is 6.07 Å². The van der Waals surface area contributed by atoms with Crippen LogP contribution in [0, 0.1) is 5.92 Å². The first-order chi connectivity index (χ1) is 12.1. The zero-order valence-electron chi connectivity index (χ0n) is 14.8. The Balaban J connectivity index is 1.74. The highest BCUT2D eigenvalue weighted by Gasteiger charge is 2.69. The molecule has 4 atom stereocenters. The van der Waals surface area contributed by atoms with E-state index >= 15 is 0 Å². The van der Waals surface area contributed by atoms with Crippen molar-refractivity contribution in [2.75, 3.05) is 13.2 Å². The highest BCUT2D eigenvalue weighted by molar-refractivity contribution is 5.60. The van der Waals surface area contributed by atoms with Gasteiger partial charge in [-0.15, -0.1) is 0 Å². The van der Waals surface area contributed by atoms with Gasteiger partial charge >= 0.3 is 0 Å². The summed E-state index contributed by atoms with van der Waals surface area (Å²) in [4.78, 5) is 0. The lowest BCUT2D eigenvalue weighted by molar-refractivity contribution is -0.253. The van der Waals surface area contributed by atoms with Crippen molar-refractivity contribution in [1.29, 1.82) is 0 Å². The molecule has 5 nitrogen and oxygen atoms in total. The molecule has 25 heavy (non-hydrogen) atoms. The number of unbranched alkanes of at least 4 members (excludes halogenated alkanes) is 1. The molecule has 3 N–H and O–H groups in total. The second-order valence-electron chi connectivity index (χ2n) is 8.11. The number of aromatic hydroxyl groups is 1. The van der Waals surface area contributed by atoms with Gasteiger partial charge in [0.2, 0.25) is 5.79 Å². The molecule has 4 aliphatic rings. The predicted molar refractivity (Wildman–Crippen MR) is 92.8 cm³/mol. The number of benzene rings is 1. The van der Waals surface area contributed by atoms with E-state index in [4.69, 9.17) is 19.9 Å². The van der Waals surface area contributed by atoms with E-state index in [-0.39, 0.29) is 23.3 Å². The molecule has 0 aromatic heterocycles. The first-order valence-corrected chi connectivity index (χ1v) is 9.68. The predicted octanol–water partition coefficient (Wildman–Crippen LogP) is 2.62. The van der Waals surface area contributed by atoms with Crippen LogP contribution in [0.5, 0.6) is 11.5 Å². The van der Waals surface area contributed by atoms with Gasteiger partial charge in [0.25, 0.3) is 0 Å². The second-order valence-corrected chi connectivity index (χ2v) is 8.11. The zero-order chi connectivity index (χ0) is 17.2. The van der Waals surface area contributed by atoms with Gasteiger partial charge < -0.3 is 25.1 Å². The zero-order valence-corrected chi connectivity index (χ0v) is 14.8. The van der Waals surface area contributed by atoms with E-state index in [1.807, 2.05) is 6.07 Å². The summed E-state index contributed by atoms with van der Waals surface area (Å²) in [7, 11) is 0. The van der Waals surface area contributed by atoms with Gasteiger partial charge in [-0.3, -0.25) is 0 Å². The van der Waals surface area contributed by atoms with Crippen molar-refractivity contribution in [3.63, 3.8) is 0 Å². The molecular weight excluding hydrogens is 318 g/mol. The van der Waals surface area contributed by atoms with E-state index in [2.05, 4.69) is 6.92 Å². The summed E-state index contributed by atoms with van der Waals surface area (Å²) >= 11 is 0.